The predicted molar refractivity (Wildman–Crippen MR) is 135 cm³/mol. The number of nitrogens with one attached hydrogen (secondary N) is 1. The highest BCUT2D eigenvalue weighted by atomic mass is 16.5. The topological polar surface area (TPSA) is 98.1 Å². The summed E-state index contributed by atoms with van der Waals surface area (Å²) in [6, 6.07) is 20.7. The number of para-hydroxylation sites is 3. The molecule has 1 aromatic heterocycles. The zero-order valence-corrected chi connectivity index (χ0v) is 20.0. The second-order valence-corrected chi connectivity index (χ2v) is 8.47. The molecule has 0 saturated heterocycles. The van der Waals surface area contributed by atoms with Gasteiger partial charge in [0, 0.05) is 17.5 Å². The summed E-state index contributed by atoms with van der Waals surface area (Å²) in [6.45, 7) is 3.61. The Morgan fingerprint density at radius 2 is 1.78 bits per heavy atom. The summed E-state index contributed by atoms with van der Waals surface area (Å²) in [4.78, 5) is 42.1. The summed E-state index contributed by atoms with van der Waals surface area (Å²) in [6.07, 6.45) is 0. The van der Waals surface area contributed by atoms with E-state index in [4.69, 9.17) is 13.9 Å². The van der Waals surface area contributed by atoms with Crippen molar-refractivity contribution in [2.75, 3.05) is 23.9 Å². The van der Waals surface area contributed by atoms with Gasteiger partial charge in [-0.15, -0.1) is 0 Å². The van der Waals surface area contributed by atoms with E-state index < -0.39 is 23.2 Å². The van der Waals surface area contributed by atoms with Gasteiger partial charge in [0.2, 0.25) is 5.78 Å². The van der Waals surface area contributed by atoms with Crippen LogP contribution in [0.1, 0.15) is 30.0 Å². The third-order valence-corrected chi connectivity index (χ3v) is 6.25. The van der Waals surface area contributed by atoms with Crippen LogP contribution >= 0.6 is 0 Å². The van der Waals surface area contributed by atoms with Crippen LogP contribution in [0.2, 0.25) is 0 Å². The van der Waals surface area contributed by atoms with Crippen LogP contribution in [0.5, 0.6) is 11.5 Å². The van der Waals surface area contributed by atoms with Crippen molar-refractivity contribution in [3.05, 3.63) is 84.1 Å². The van der Waals surface area contributed by atoms with Crippen molar-refractivity contribution in [3.63, 3.8) is 0 Å². The van der Waals surface area contributed by atoms with E-state index in [0.717, 1.165) is 0 Å². The third kappa shape index (κ3) is 3.67. The fourth-order valence-electron chi connectivity index (χ4n) is 4.31. The van der Waals surface area contributed by atoms with E-state index in [9.17, 15) is 14.4 Å². The maximum absolute atomic E-state index is 13.7. The lowest BCUT2D eigenvalue weighted by molar-refractivity contribution is -0.145. The fourth-order valence-corrected chi connectivity index (χ4v) is 4.31. The number of likely N-dealkylation sites (N-methyl/N-ethyl adjacent to an activating group) is 1. The van der Waals surface area contributed by atoms with E-state index in [1.54, 1.807) is 72.8 Å². The van der Waals surface area contributed by atoms with Gasteiger partial charge in [-0.2, -0.15) is 0 Å². The van der Waals surface area contributed by atoms with Gasteiger partial charge in [0.25, 0.3) is 17.4 Å². The number of ketones is 1. The number of ether oxygens (including phenoxy) is 2. The number of hydrogen-bond acceptors (Lipinski definition) is 6. The highest BCUT2D eigenvalue weighted by Crippen LogP contribution is 2.39. The summed E-state index contributed by atoms with van der Waals surface area (Å²) in [7, 11) is 1.51. The van der Waals surface area contributed by atoms with Gasteiger partial charge < -0.3 is 24.1 Å². The number of rotatable bonds is 6. The summed E-state index contributed by atoms with van der Waals surface area (Å²) in [5.41, 5.74) is -0.355. The molecule has 0 saturated carbocycles. The zero-order valence-electron chi connectivity index (χ0n) is 20.0. The standard InChI is InChI=1S/C28H24N2O6/c1-4-30-20-13-6-8-15-22(20)36-28(2,27(30)33)26(32)29-23-19-12-5-7-14-21(19)35-25(23)24(31)17-10-9-11-18(16-17)34-3/h5-16H,4H2,1-3H3,(H,29,32). The molecule has 8 heteroatoms. The molecule has 1 atom stereocenters. The van der Waals surface area contributed by atoms with Crippen molar-refractivity contribution in [1.29, 1.82) is 0 Å². The van der Waals surface area contributed by atoms with Crippen molar-refractivity contribution in [1.82, 2.24) is 0 Å². The quantitative estimate of drug-likeness (QED) is 0.311. The van der Waals surface area contributed by atoms with Crippen molar-refractivity contribution in [3.8, 4) is 11.5 Å². The summed E-state index contributed by atoms with van der Waals surface area (Å²) >= 11 is 0. The number of methoxy groups -OCH3 is 1. The Bertz CT molecular complexity index is 1510. The molecule has 2 heterocycles. The Balaban J connectivity index is 1.56. The average molecular weight is 485 g/mol. The van der Waals surface area contributed by atoms with E-state index in [1.165, 1.54) is 18.9 Å². The van der Waals surface area contributed by atoms with Crippen molar-refractivity contribution < 1.29 is 28.3 Å². The second kappa shape index (κ2) is 8.88. The molecule has 1 unspecified atom stereocenters. The minimum Gasteiger partial charge on any atom is -0.497 e. The summed E-state index contributed by atoms with van der Waals surface area (Å²) < 4.78 is 17.1. The van der Waals surface area contributed by atoms with Gasteiger partial charge in [-0.05, 0) is 50.2 Å². The number of carbonyl (C=O) groups is 3. The van der Waals surface area contributed by atoms with Crippen LogP contribution in [0.15, 0.2) is 77.2 Å². The van der Waals surface area contributed by atoms with Gasteiger partial charge in [-0.3, -0.25) is 14.4 Å². The molecular formula is C28H24N2O6. The Labute approximate surface area is 207 Å². The molecule has 2 amide bonds. The van der Waals surface area contributed by atoms with Crippen LogP contribution in [-0.4, -0.2) is 36.9 Å². The predicted octanol–water partition coefficient (Wildman–Crippen LogP) is 4.82. The van der Waals surface area contributed by atoms with Gasteiger partial charge >= 0.3 is 0 Å². The fraction of sp³-hybridized carbons (Fsp3) is 0.179. The maximum atomic E-state index is 13.7. The molecule has 36 heavy (non-hydrogen) atoms. The average Bonchev–Trinajstić information content (AvgIpc) is 3.27. The molecule has 5 rings (SSSR count). The van der Waals surface area contributed by atoms with Gasteiger partial charge in [0.15, 0.2) is 5.76 Å². The number of fused-ring (bicyclic) bond motifs is 2. The van der Waals surface area contributed by atoms with Crippen LogP contribution in [0, 0.1) is 0 Å². The molecule has 0 fully saturated rings. The molecule has 0 aliphatic carbocycles. The van der Waals surface area contributed by atoms with E-state index in [2.05, 4.69) is 5.32 Å². The lowest BCUT2D eigenvalue weighted by Gasteiger charge is -2.39. The van der Waals surface area contributed by atoms with Crippen LogP contribution < -0.4 is 19.7 Å². The van der Waals surface area contributed by atoms with Gasteiger partial charge in [0.05, 0.1) is 18.5 Å². The number of nitrogens with zero attached hydrogens (tertiary/aromatic N) is 1. The number of anilines is 2. The van der Waals surface area contributed by atoms with Crippen LogP contribution in [-0.2, 0) is 9.59 Å². The van der Waals surface area contributed by atoms with E-state index >= 15 is 0 Å². The molecule has 1 N–H and O–H groups in total. The molecule has 3 aromatic carbocycles. The highest BCUT2D eigenvalue weighted by molar-refractivity contribution is 6.23. The number of amides is 2. The Morgan fingerprint density at radius 1 is 1.03 bits per heavy atom. The van der Waals surface area contributed by atoms with Gasteiger partial charge in [-0.1, -0.05) is 36.4 Å². The SMILES string of the molecule is CCN1C(=O)C(C)(C(=O)Nc2c(C(=O)c3cccc(OC)c3)oc3ccccc23)Oc2ccccc21. The van der Waals surface area contributed by atoms with Crippen LogP contribution in [0.25, 0.3) is 11.0 Å². The largest absolute Gasteiger partial charge is 0.497 e. The monoisotopic (exact) mass is 484 g/mol. The Morgan fingerprint density at radius 3 is 2.56 bits per heavy atom. The smallest absolute Gasteiger partial charge is 0.280 e. The molecule has 4 aromatic rings. The van der Waals surface area contributed by atoms with Crippen LogP contribution in [0.4, 0.5) is 11.4 Å². The number of benzene rings is 3. The minimum absolute atomic E-state index is 0.0580. The lowest BCUT2D eigenvalue weighted by atomic mass is 9.99. The van der Waals surface area contributed by atoms with Gasteiger partial charge in [-0.25, -0.2) is 0 Å². The van der Waals surface area contributed by atoms with E-state index in [0.29, 0.717) is 40.3 Å². The molecule has 182 valence electrons. The molecule has 0 radical (unpaired) electrons. The summed E-state index contributed by atoms with van der Waals surface area (Å²) in [5, 5.41) is 3.30. The number of carbonyl (C=O) groups excluding carboxylic acids is 3. The van der Waals surface area contributed by atoms with Crippen LogP contribution in [0.3, 0.4) is 0 Å². The lowest BCUT2D eigenvalue weighted by Crippen LogP contribution is -2.60. The zero-order chi connectivity index (χ0) is 25.4. The van der Waals surface area contributed by atoms with Crippen molar-refractivity contribution >= 4 is 39.9 Å². The van der Waals surface area contributed by atoms with Gasteiger partial charge in [0.1, 0.15) is 17.1 Å². The Hall–Kier alpha value is -4.59. The molecule has 0 spiro atoms. The minimum atomic E-state index is -1.86. The first-order valence-corrected chi connectivity index (χ1v) is 11.5. The number of furan rings is 1. The first-order valence-electron chi connectivity index (χ1n) is 11.5. The molecule has 1 aliphatic rings. The van der Waals surface area contributed by atoms with E-state index in [-0.39, 0.29) is 11.4 Å². The molecule has 1 aliphatic heterocycles. The highest BCUT2D eigenvalue weighted by Gasteiger charge is 2.50. The third-order valence-electron chi connectivity index (χ3n) is 6.25. The maximum Gasteiger partial charge on any atom is 0.280 e. The van der Waals surface area contributed by atoms with Crippen molar-refractivity contribution in [2.45, 2.75) is 19.4 Å². The first kappa shape index (κ1) is 23.2. The molecule has 8 nitrogen and oxygen atoms in total. The number of hydrogen-bond donors (Lipinski definition) is 1. The Kier molecular flexibility index (Phi) is 5.72. The first-order chi connectivity index (χ1) is 17.4. The van der Waals surface area contributed by atoms with Crippen molar-refractivity contribution in [2.24, 2.45) is 0 Å². The second-order valence-electron chi connectivity index (χ2n) is 8.47. The van der Waals surface area contributed by atoms with E-state index in [1.807, 2.05) is 6.92 Å². The normalized spacial score (nSPS) is 16.9. The molecular weight excluding hydrogens is 460 g/mol. The summed E-state index contributed by atoms with van der Waals surface area (Å²) in [5.74, 6) is -0.795. The molecule has 0 bridgehead atoms.